The number of para-hydroxylation sites is 1. The Morgan fingerprint density at radius 3 is 1.57 bits per heavy atom. The molecule has 0 aliphatic heterocycles. The fourth-order valence-corrected chi connectivity index (χ4v) is 11.5. The van der Waals surface area contributed by atoms with Crippen molar-refractivity contribution in [3.05, 3.63) is 224 Å². The average Bonchev–Trinajstić information content (AvgIpc) is 3.90. The minimum Gasteiger partial charge on any atom is -0.310 e. The lowest BCUT2D eigenvalue weighted by Gasteiger charge is -2.28. The Bertz CT molecular complexity index is 3590. The molecule has 2 heterocycles. The van der Waals surface area contributed by atoms with E-state index >= 15 is 0 Å². The highest BCUT2D eigenvalue weighted by Crippen LogP contribution is 2.47. The molecule has 0 saturated carbocycles. The van der Waals surface area contributed by atoms with Crippen LogP contribution in [0.15, 0.2) is 224 Å². The topological polar surface area (TPSA) is 3.24 Å². The van der Waals surface area contributed by atoms with Crippen molar-refractivity contribution < 1.29 is 0 Å². The molecule has 0 spiro atoms. The maximum Gasteiger partial charge on any atom is 0.0540 e. The number of fused-ring (bicyclic) bond motifs is 7. The van der Waals surface area contributed by atoms with Gasteiger partial charge in [0.1, 0.15) is 0 Å². The second kappa shape index (κ2) is 14.8. The van der Waals surface area contributed by atoms with E-state index in [-0.39, 0.29) is 0 Å². The second-order valence-electron chi connectivity index (χ2n) is 15.6. The van der Waals surface area contributed by atoms with E-state index in [1.807, 2.05) is 22.7 Å². The van der Waals surface area contributed by atoms with Crippen LogP contribution in [0.5, 0.6) is 0 Å². The molecule has 12 rings (SSSR count). The second-order valence-corrected chi connectivity index (χ2v) is 17.8. The van der Waals surface area contributed by atoms with Gasteiger partial charge in [-0.15, -0.1) is 22.7 Å². The van der Waals surface area contributed by atoms with Crippen LogP contribution in [0.2, 0.25) is 0 Å². The summed E-state index contributed by atoms with van der Waals surface area (Å²) in [5, 5.41) is 7.75. The first kappa shape index (κ1) is 35.6. The zero-order valence-electron chi connectivity index (χ0n) is 33.1. The van der Waals surface area contributed by atoms with Crippen LogP contribution in [0.3, 0.4) is 0 Å². The summed E-state index contributed by atoms with van der Waals surface area (Å²) >= 11 is 3.74. The number of benzene rings is 10. The van der Waals surface area contributed by atoms with Crippen molar-refractivity contribution in [2.75, 3.05) is 4.90 Å². The minimum absolute atomic E-state index is 1.10. The normalized spacial score (nSPS) is 11.6. The predicted molar refractivity (Wildman–Crippen MR) is 266 cm³/mol. The molecule has 0 amide bonds. The van der Waals surface area contributed by atoms with E-state index < -0.39 is 0 Å². The van der Waals surface area contributed by atoms with Crippen LogP contribution in [0.1, 0.15) is 0 Å². The lowest BCUT2D eigenvalue weighted by atomic mass is 9.93. The lowest BCUT2D eigenvalue weighted by molar-refractivity contribution is 1.28. The van der Waals surface area contributed by atoms with Crippen molar-refractivity contribution in [3.8, 4) is 44.5 Å². The highest BCUT2D eigenvalue weighted by molar-refractivity contribution is 7.26. The lowest BCUT2D eigenvalue weighted by Crippen LogP contribution is -2.11. The summed E-state index contributed by atoms with van der Waals surface area (Å²) in [4.78, 5) is 2.43. The van der Waals surface area contributed by atoms with E-state index in [1.165, 1.54) is 95.6 Å². The van der Waals surface area contributed by atoms with E-state index in [4.69, 9.17) is 0 Å². The quantitative estimate of drug-likeness (QED) is 0.155. The summed E-state index contributed by atoms with van der Waals surface area (Å²) in [5.41, 5.74) is 13.1. The molecule has 0 fully saturated rings. The Morgan fingerprint density at radius 1 is 0.279 bits per heavy atom. The molecule has 0 atom stereocenters. The molecule has 286 valence electrons. The van der Waals surface area contributed by atoms with Crippen LogP contribution < -0.4 is 4.90 Å². The highest BCUT2D eigenvalue weighted by Gasteiger charge is 2.20. The van der Waals surface area contributed by atoms with E-state index in [0.29, 0.717) is 0 Å². The summed E-state index contributed by atoms with van der Waals surface area (Å²) in [5.74, 6) is 0. The van der Waals surface area contributed by atoms with Gasteiger partial charge in [-0.05, 0) is 98.8 Å². The number of anilines is 3. The number of thiophene rings is 2. The molecular weight excluding hydrogens is 775 g/mol. The fourth-order valence-electron chi connectivity index (χ4n) is 9.12. The standard InChI is InChI=1S/C58H37NS2/c1-2-13-41-36-43(25-24-38(41)12-1)47-15-4-3-14-46(47)40-28-33-45(34-29-40)59(44-31-26-39(27-32-44)42-30-35-51-49-17-6-9-22-55(49)60-57(51)37-42)54-21-8-5-16-48(54)52-19-11-20-53-50-18-7-10-23-56(50)61-58(52)53/h1-37H. The fraction of sp³-hybridized carbons (Fsp3) is 0. The van der Waals surface area contributed by atoms with E-state index in [2.05, 4.69) is 229 Å². The van der Waals surface area contributed by atoms with Gasteiger partial charge < -0.3 is 4.90 Å². The van der Waals surface area contributed by atoms with Gasteiger partial charge >= 0.3 is 0 Å². The van der Waals surface area contributed by atoms with Crippen LogP contribution in [0.4, 0.5) is 17.1 Å². The average molecular weight is 812 g/mol. The first-order chi connectivity index (χ1) is 30.2. The van der Waals surface area contributed by atoms with Crippen LogP contribution in [0, 0.1) is 0 Å². The van der Waals surface area contributed by atoms with Gasteiger partial charge in [0.15, 0.2) is 0 Å². The third kappa shape index (κ3) is 6.21. The summed E-state index contributed by atoms with van der Waals surface area (Å²) < 4.78 is 5.26. The molecule has 3 heteroatoms. The molecule has 0 radical (unpaired) electrons. The first-order valence-electron chi connectivity index (χ1n) is 20.7. The molecule has 0 N–H and O–H groups in total. The monoisotopic (exact) mass is 811 g/mol. The molecule has 0 aliphatic carbocycles. The summed E-state index contributed by atoms with van der Waals surface area (Å²) in [6, 6.07) is 82.4. The van der Waals surface area contributed by atoms with Gasteiger partial charge in [0.2, 0.25) is 0 Å². The molecular formula is C58H37NS2. The Kier molecular flexibility index (Phi) is 8.62. The molecule has 10 aromatic carbocycles. The molecule has 0 unspecified atom stereocenters. The predicted octanol–water partition coefficient (Wildman–Crippen LogP) is 17.7. The number of nitrogens with zero attached hydrogens (tertiary/aromatic N) is 1. The Morgan fingerprint density at radius 2 is 0.803 bits per heavy atom. The zero-order chi connectivity index (χ0) is 40.3. The maximum atomic E-state index is 2.43. The maximum absolute atomic E-state index is 2.43. The summed E-state index contributed by atoms with van der Waals surface area (Å²) in [6.45, 7) is 0. The Labute approximate surface area is 362 Å². The molecule has 0 saturated heterocycles. The smallest absolute Gasteiger partial charge is 0.0540 e. The van der Waals surface area contributed by atoms with Gasteiger partial charge in [0.05, 0.1) is 5.69 Å². The van der Waals surface area contributed by atoms with E-state index in [1.54, 1.807) is 0 Å². The molecule has 61 heavy (non-hydrogen) atoms. The van der Waals surface area contributed by atoms with Gasteiger partial charge in [-0.1, -0.05) is 170 Å². The number of rotatable bonds is 7. The Balaban J connectivity index is 0.983. The molecule has 0 bridgehead atoms. The molecule has 1 nitrogen and oxygen atoms in total. The van der Waals surface area contributed by atoms with Gasteiger partial charge in [-0.3, -0.25) is 0 Å². The third-order valence-corrected chi connectivity index (χ3v) is 14.5. The molecule has 12 aromatic rings. The van der Waals surface area contributed by atoms with Crippen LogP contribution >= 0.6 is 22.7 Å². The molecule has 2 aromatic heterocycles. The van der Waals surface area contributed by atoms with E-state index in [9.17, 15) is 0 Å². The zero-order valence-corrected chi connectivity index (χ0v) is 34.8. The number of hydrogen-bond donors (Lipinski definition) is 0. The minimum atomic E-state index is 1.10. The van der Waals surface area contributed by atoms with Gasteiger partial charge in [0.25, 0.3) is 0 Å². The largest absolute Gasteiger partial charge is 0.310 e. The summed E-state index contributed by atoms with van der Waals surface area (Å²) in [6.07, 6.45) is 0. The van der Waals surface area contributed by atoms with Crippen molar-refractivity contribution >= 4 is 90.9 Å². The van der Waals surface area contributed by atoms with Crippen molar-refractivity contribution in [1.82, 2.24) is 0 Å². The van der Waals surface area contributed by atoms with Crippen LogP contribution in [-0.4, -0.2) is 0 Å². The number of hydrogen-bond acceptors (Lipinski definition) is 3. The molecule has 0 aliphatic rings. The van der Waals surface area contributed by atoms with Crippen LogP contribution in [-0.2, 0) is 0 Å². The van der Waals surface area contributed by atoms with Crippen molar-refractivity contribution in [2.45, 2.75) is 0 Å². The van der Waals surface area contributed by atoms with Gasteiger partial charge in [-0.25, -0.2) is 0 Å². The van der Waals surface area contributed by atoms with Gasteiger partial charge in [-0.2, -0.15) is 0 Å². The van der Waals surface area contributed by atoms with Crippen molar-refractivity contribution in [1.29, 1.82) is 0 Å². The van der Waals surface area contributed by atoms with Crippen LogP contribution in [0.25, 0.3) is 95.6 Å². The van der Waals surface area contributed by atoms with Crippen molar-refractivity contribution in [2.24, 2.45) is 0 Å². The highest BCUT2D eigenvalue weighted by atomic mass is 32.1. The Hall–Kier alpha value is -7.30. The summed E-state index contributed by atoms with van der Waals surface area (Å²) in [7, 11) is 0. The third-order valence-electron chi connectivity index (χ3n) is 12.1. The first-order valence-corrected chi connectivity index (χ1v) is 22.4. The van der Waals surface area contributed by atoms with E-state index in [0.717, 1.165) is 17.1 Å². The van der Waals surface area contributed by atoms with Crippen molar-refractivity contribution in [3.63, 3.8) is 0 Å². The SMILES string of the molecule is c1ccc(-c2ccc3ccccc3c2)c(-c2ccc(N(c3ccc(-c4ccc5c(c4)sc4ccccc45)cc3)c3ccccc3-c3cccc4c3sc3ccccc34)cc2)c1. The van der Waals surface area contributed by atoms with Gasteiger partial charge in [0, 0.05) is 62.8 Å².